The van der Waals surface area contributed by atoms with Gasteiger partial charge >= 0.3 is 0 Å². The highest BCUT2D eigenvalue weighted by atomic mass is 19.1. The Labute approximate surface area is 181 Å². The van der Waals surface area contributed by atoms with Crippen LogP contribution in [0.1, 0.15) is 40.5 Å². The van der Waals surface area contributed by atoms with Crippen LogP contribution in [0.3, 0.4) is 0 Å². The molecule has 4 rings (SSSR count). The lowest BCUT2D eigenvalue weighted by Crippen LogP contribution is -2.49. The summed E-state index contributed by atoms with van der Waals surface area (Å²) in [5.74, 6) is -3.52. The summed E-state index contributed by atoms with van der Waals surface area (Å²) in [6.45, 7) is 0.275. The number of pyridine rings is 1. The number of hydroxylamine groups is 2. The number of nitrogens with two attached hydrogens (primary N) is 1. The fraction of sp³-hybridized carbons (Fsp3) is 0.400. The van der Waals surface area contributed by atoms with Crippen LogP contribution < -0.4 is 10.6 Å². The van der Waals surface area contributed by atoms with Crippen molar-refractivity contribution >= 4 is 17.8 Å². The molecule has 2 amide bonds. The number of amides is 2. The van der Waals surface area contributed by atoms with E-state index in [-0.39, 0.29) is 32.1 Å². The van der Waals surface area contributed by atoms with Gasteiger partial charge in [-0.05, 0) is 18.1 Å². The van der Waals surface area contributed by atoms with E-state index in [2.05, 4.69) is 15.0 Å². The van der Waals surface area contributed by atoms with Crippen molar-refractivity contribution in [3.8, 4) is 6.07 Å². The number of anilines is 1. The number of nitriles is 1. The first kappa shape index (κ1) is 21.5. The molecule has 2 fully saturated rings. The summed E-state index contributed by atoms with van der Waals surface area (Å²) in [5.41, 5.74) is 5.52. The zero-order chi connectivity index (χ0) is 22.8. The normalized spacial score (nSPS) is 23.1. The van der Waals surface area contributed by atoms with E-state index in [9.17, 15) is 14.0 Å². The van der Waals surface area contributed by atoms with Crippen LogP contribution in [0.15, 0.2) is 24.7 Å². The maximum Gasteiger partial charge on any atom is 0.270 e. The Kier molecular flexibility index (Phi) is 5.91. The van der Waals surface area contributed by atoms with Crippen molar-refractivity contribution in [2.24, 2.45) is 11.7 Å². The molecule has 10 nitrogen and oxygen atoms in total. The van der Waals surface area contributed by atoms with E-state index in [4.69, 9.17) is 15.8 Å². The average molecular weight is 443 g/mol. The Balaban J connectivity index is 1.47. The summed E-state index contributed by atoms with van der Waals surface area (Å²) in [6.07, 6.45) is 2.83. The standard InChI is InChI=1S/C20H19F2N7O3/c21-14-9-26-20(27-17(14)18(24)30)28-3-1-13(15(22)10-28)19(31)29-16(2-4-32-29)12-5-11(6-23)7-25-8-12/h5,7-9,13,15-16H,1-4,10H2,(H2,24,30). The molecular weight excluding hydrogens is 424 g/mol. The molecule has 2 aromatic heterocycles. The number of halogens is 2. The topological polar surface area (TPSA) is 138 Å². The van der Waals surface area contributed by atoms with Crippen molar-refractivity contribution < 1.29 is 23.2 Å². The summed E-state index contributed by atoms with van der Waals surface area (Å²) >= 11 is 0. The van der Waals surface area contributed by atoms with Gasteiger partial charge in [0.25, 0.3) is 11.8 Å². The summed E-state index contributed by atoms with van der Waals surface area (Å²) in [5, 5.41) is 10.3. The van der Waals surface area contributed by atoms with E-state index in [0.29, 0.717) is 17.5 Å². The smallest absolute Gasteiger partial charge is 0.270 e. The SMILES string of the molecule is N#Cc1cncc(C2CCON2C(=O)C2CCN(c3ncc(F)c(C(N)=O)n3)CC2F)c1. The zero-order valence-corrected chi connectivity index (χ0v) is 16.8. The first-order chi connectivity index (χ1) is 15.4. The summed E-state index contributed by atoms with van der Waals surface area (Å²) in [6, 6.07) is 3.17. The van der Waals surface area contributed by atoms with Gasteiger partial charge in [-0.3, -0.25) is 19.4 Å². The quantitative estimate of drug-likeness (QED) is 0.740. The monoisotopic (exact) mass is 443 g/mol. The Hall–Kier alpha value is -3.72. The van der Waals surface area contributed by atoms with Gasteiger partial charge in [0.15, 0.2) is 11.5 Å². The molecule has 2 N–H and O–H groups in total. The van der Waals surface area contributed by atoms with Crippen LogP contribution >= 0.6 is 0 Å². The first-order valence-electron chi connectivity index (χ1n) is 9.91. The van der Waals surface area contributed by atoms with Crippen molar-refractivity contribution in [2.75, 3.05) is 24.6 Å². The molecule has 12 heteroatoms. The number of rotatable bonds is 4. The zero-order valence-electron chi connectivity index (χ0n) is 16.8. The van der Waals surface area contributed by atoms with Crippen molar-refractivity contribution in [1.29, 1.82) is 5.26 Å². The third-order valence-electron chi connectivity index (χ3n) is 5.50. The van der Waals surface area contributed by atoms with Gasteiger partial charge in [-0.1, -0.05) is 0 Å². The van der Waals surface area contributed by atoms with Crippen molar-refractivity contribution in [1.82, 2.24) is 20.0 Å². The van der Waals surface area contributed by atoms with E-state index in [1.807, 2.05) is 6.07 Å². The van der Waals surface area contributed by atoms with Gasteiger partial charge in [-0.25, -0.2) is 23.8 Å². The number of primary amides is 1. The first-order valence-corrected chi connectivity index (χ1v) is 9.91. The lowest BCUT2D eigenvalue weighted by Gasteiger charge is -2.36. The molecule has 2 aliphatic heterocycles. The molecule has 4 heterocycles. The molecule has 0 saturated carbocycles. The third-order valence-corrected chi connectivity index (χ3v) is 5.50. The summed E-state index contributed by atoms with van der Waals surface area (Å²) in [7, 11) is 0. The van der Waals surface area contributed by atoms with Gasteiger partial charge in [0.05, 0.1) is 36.9 Å². The molecule has 2 aliphatic rings. The van der Waals surface area contributed by atoms with Crippen molar-refractivity contribution in [2.45, 2.75) is 25.1 Å². The maximum absolute atomic E-state index is 15.1. The molecule has 0 aromatic carbocycles. The Morgan fingerprint density at radius 3 is 2.81 bits per heavy atom. The Bertz CT molecular complexity index is 1090. The second-order valence-electron chi connectivity index (χ2n) is 7.51. The molecule has 0 radical (unpaired) electrons. The van der Waals surface area contributed by atoms with Gasteiger partial charge in [-0.2, -0.15) is 5.26 Å². The number of alkyl halides is 1. The number of hydrogen-bond acceptors (Lipinski definition) is 8. The van der Waals surface area contributed by atoms with E-state index >= 15 is 4.39 Å². The third kappa shape index (κ3) is 4.06. The number of carbonyl (C=O) groups excluding carboxylic acids is 2. The van der Waals surface area contributed by atoms with Gasteiger partial charge in [0.2, 0.25) is 5.95 Å². The number of piperidine rings is 1. The van der Waals surface area contributed by atoms with Crippen LogP contribution in [0, 0.1) is 23.1 Å². The molecule has 3 atom stereocenters. The van der Waals surface area contributed by atoms with Crippen molar-refractivity contribution in [3.05, 3.63) is 47.3 Å². The van der Waals surface area contributed by atoms with E-state index in [1.165, 1.54) is 16.2 Å². The summed E-state index contributed by atoms with van der Waals surface area (Å²) < 4.78 is 28.7. The molecule has 0 spiro atoms. The molecule has 2 saturated heterocycles. The largest absolute Gasteiger partial charge is 0.364 e. The minimum Gasteiger partial charge on any atom is -0.364 e. The molecule has 0 aliphatic carbocycles. The number of aromatic nitrogens is 3. The van der Waals surface area contributed by atoms with E-state index in [1.54, 1.807) is 12.3 Å². The highest BCUT2D eigenvalue weighted by Crippen LogP contribution is 2.34. The van der Waals surface area contributed by atoms with Crippen molar-refractivity contribution in [3.63, 3.8) is 0 Å². The highest BCUT2D eigenvalue weighted by molar-refractivity contribution is 5.91. The predicted molar refractivity (Wildman–Crippen MR) is 105 cm³/mol. The van der Waals surface area contributed by atoms with Crippen LogP contribution in [0.4, 0.5) is 14.7 Å². The second-order valence-corrected chi connectivity index (χ2v) is 7.51. The number of hydrogen-bond donors (Lipinski definition) is 1. The van der Waals surface area contributed by atoms with Gasteiger partial charge in [-0.15, -0.1) is 0 Å². The lowest BCUT2D eigenvalue weighted by molar-refractivity contribution is -0.184. The Morgan fingerprint density at radius 1 is 1.28 bits per heavy atom. The number of carbonyl (C=O) groups is 2. The summed E-state index contributed by atoms with van der Waals surface area (Å²) in [4.78, 5) is 43.0. The van der Waals surface area contributed by atoms with Gasteiger partial charge in [0, 0.05) is 25.4 Å². The molecule has 32 heavy (non-hydrogen) atoms. The average Bonchev–Trinajstić information content (AvgIpc) is 3.29. The fourth-order valence-corrected chi connectivity index (χ4v) is 3.90. The van der Waals surface area contributed by atoms with Crippen LogP contribution in [0.5, 0.6) is 0 Å². The maximum atomic E-state index is 15.1. The molecule has 166 valence electrons. The minimum atomic E-state index is -1.57. The molecular formula is C20H19F2N7O3. The lowest BCUT2D eigenvalue weighted by atomic mass is 9.93. The van der Waals surface area contributed by atoms with Crippen LogP contribution in [0.2, 0.25) is 0 Å². The molecule has 0 bridgehead atoms. The van der Waals surface area contributed by atoms with Crippen LogP contribution in [-0.4, -0.2) is 57.7 Å². The van der Waals surface area contributed by atoms with E-state index in [0.717, 1.165) is 6.20 Å². The van der Waals surface area contributed by atoms with E-state index < -0.39 is 41.5 Å². The Morgan fingerprint density at radius 2 is 2.09 bits per heavy atom. The molecule has 2 aromatic rings. The van der Waals surface area contributed by atoms with Crippen LogP contribution in [0.25, 0.3) is 0 Å². The minimum absolute atomic E-state index is 0.0385. The van der Waals surface area contributed by atoms with Gasteiger partial charge in [0.1, 0.15) is 12.2 Å². The second kappa shape index (κ2) is 8.80. The number of nitrogens with zero attached hydrogens (tertiary/aromatic N) is 6. The fourth-order valence-electron chi connectivity index (χ4n) is 3.90. The predicted octanol–water partition coefficient (Wildman–Crippen LogP) is 1.05. The highest BCUT2D eigenvalue weighted by Gasteiger charge is 2.42. The molecule has 3 unspecified atom stereocenters. The van der Waals surface area contributed by atoms with Crippen LogP contribution in [-0.2, 0) is 9.63 Å². The van der Waals surface area contributed by atoms with Gasteiger partial charge < -0.3 is 10.6 Å².